The minimum absolute atomic E-state index is 0.130. The number of hydrogen-bond acceptors (Lipinski definition) is 5. The number of nitrogens with one attached hydrogen (secondary N) is 3. The van der Waals surface area contributed by atoms with Crippen LogP contribution in [0.3, 0.4) is 0 Å². The molecule has 2 aromatic rings. The maximum atomic E-state index is 12.7. The number of carbonyl (C=O) groups is 1. The van der Waals surface area contributed by atoms with E-state index in [0.29, 0.717) is 12.0 Å². The van der Waals surface area contributed by atoms with Gasteiger partial charge in [-0.2, -0.15) is 4.98 Å². The van der Waals surface area contributed by atoms with Crippen molar-refractivity contribution in [3.05, 3.63) is 54.2 Å². The highest BCUT2D eigenvalue weighted by Gasteiger charge is 2.27. The van der Waals surface area contributed by atoms with Gasteiger partial charge in [-0.1, -0.05) is 30.4 Å². The van der Waals surface area contributed by atoms with Crippen molar-refractivity contribution >= 4 is 23.4 Å². The van der Waals surface area contributed by atoms with Gasteiger partial charge in [-0.3, -0.25) is 0 Å². The van der Waals surface area contributed by atoms with Gasteiger partial charge in [0.2, 0.25) is 5.95 Å². The summed E-state index contributed by atoms with van der Waals surface area (Å²) in [6.45, 7) is 10.0. The molecule has 3 N–H and O–H groups in total. The van der Waals surface area contributed by atoms with Crippen molar-refractivity contribution in [1.29, 1.82) is 0 Å². The summed E-state index contributed by atoms with van der Waals surface area (Å²) >= 11 is 0. The van der Waals surface area contributed by atoms with Crippen molar-refractivity contribution in [3.8, 4) is 0 Å². The SMILES string of the molecule is C=C(C)c1cccc(C(C)(C)NC(=O)NC2CCC(Nc3nccc(N(C)C)n3)CC2)c1. The van der Waals surface area contributed by atoms with Crippen molar-refractivity contribution in [2.75, 3.05) is 24.3 Å². The molecule has 0 saturated heterocycles. The molecule has 2 amide bonds. The predicted molar refractivity (Wildman–Crippen MR) is 132 cm³/mol. The molecule has 1 saturated carbocycles. The fourth-order valence-electron chi connectivity index (χ4n) is 3.98. The Morgan fingerprint density at radius 3 is 2.47 bits per heavy atom. The zero-order valence-corrected chi connectivity index (χ0v) is 19.9. The van der Waals surface area contributed by atoms with Crippen LogP contribution in [-0.4, -0.2) is 42.2 Å². The lowest BCUT2D eigenvalue weighted by atomic mass is 9.90. The van der Waals surface area contributed by atoms with Crippen LogP contribution in [0.1, 0.15) is 57.6 Å². The lowest BCUT2D eigenvalue weighted by Gasteiger charge is -2.32. The third-order valence-corrected chi connectivity index (χ3v) is 6.00. The number of benzene rings is 1. The zero-order chi connectivity index (χ0) is 23.3. The summed E-state index contributed by atoms with van der Waals surface area (Å²) in [4.78, 5) is 23.5. The highest BCUT2D eigenvalue weighted by Crippen LogP contribution is 2.25. The van der Waals surface area contributed by atoms with Crippen LogP contribution in [0.2, 0.25) is 0 Å². The van der Waals surface area contributed by atoms with Gasteiger partial charge >= 0.3 is 6.03 Å². The molecule has 1 aliphatic rings. The minimum atomic E-state index is -0.483. The molecule has 0 atom stereocenters. The van der Waals surface area contributed by atoms with Crippen LogP contribution < -0.4 is 20.9 Å². The molecule has 1 fully saturated rings. The number of amides is 2. The smallest absolute Gasteiger partial charge is 0.315 e. The Morgan fingerprint density at radius 1 is 1.12 bits per heavy atom. The monoisotopic (exact) mass is 436 g/mol. The van der Waals surface area contributed by atoms with Crippen molar-refractivity contribution in [2.45, 2.75) is 64.1 Å². The second-order valence-electron chi connectivity index (χ2n) is 9.41. The Labute approximate surface area is 191 Å². The van der Waals surface area contributed by atoms with Gasteiger partial charge in [0.15, 0.2) is 0 Å². The fraction of sp³-hybridized carbons (Fsp3) is 0.480. The Bertz CT molecular complexity index is 947. The molecule has 1 aromatic heterocycles. The van der Waals surface area contributed by atoms with Gasteiger partial charge in [-0.15, -0.1) is 0 Å². The van der Waals surface area contributed by atoms with E-state index in [1.165, 1.54) is 0 Å². The van der Waals surface area contributed by atoms with E-state index in [2.05, 4.69) is 38.6 Å². The molecular formula is C25H36N6O. The third-order valence-electron chi connectivity index (χ3n) is 6.00. The Kier molecular flexibility index (Phi) is 7.38. The lowest BCUT2D eigenvalue weighted by molar-refractivity contribution is 0.221. The molecule has 1 aliphatic carbocycles. The van der Waals surface area contributed by atoms with Gasteiger partial charge in [-0.25, -0.2) is 9.78 Å². The van der Waals surface area contributed by atoms with E-state index < -0.39 is 5.54 Å². The molecule has 7 nitrogen and oxygen atoms in total. The number of aromatic nitrogens is 2. The van der Waals surface area contributed by atoms with Crippen LogP contribution in [0.25, 0.3) is 5.57 Å². The maximum Gasteiger partial charge on any atom is 0.315 e. The molecule has 1 aromatic carbocycles. The predicted octanol–water partition coefficient (Wildman–Crippen LogP) is 4.53. The Hall–Kier alpha value is -3.09. The van der Waals surface area contributed by atoms with Crippen LogP contribution in [0, 0.1) is 0 Å². The molecule has 0 unspecified atom stereocenters. The Morgan fingerprint density at radius 2 is 1.81 bits per heavy atom. The summed E-state index contributed by atoms with van der Waals surface area (Å²) < 4.78 is 0. The summed E-state index contributed by atoms with van der Waals surface area (Å²) in [6, 6.07) is 10.4. The normalized spacial score (nSPS) is 18.5. The average Bonchev–Trinajstić information content (AvgIpc) is 2.75. The first-order valence-corrected chi connectivity index (χ1v) is 11.3. The number of carbonyl (C=O) groups excluding carboxylic acids is 1. The molecule has 3 rings (SSSR count). The highest BCUT2D eigenvalue weighted by atomic mass is 16.2. The second kappa shape index (κ2) is 10.0. The van der Waals surface area contributed by atoms with E-state index >= 15 is 0 Å². The summed E-state index contributed by atoms with van der Waals surface area (Å²) in [5.74, 6) is 1.54. The molecule has 0 radical (unpaired) electrons. The number of urea groups is 1. The second-order valence-corrected chi connectivity index (χ2v) is 9.41. The van der Waals surface area contributed by atoms with Gasteiger partial charge in [0.25, 0.3) is 0 Å². The molecule has 172 valence electrons. The van der Waals surface area contributed by atoms with Crippen LogP contribution in [-0.2, 0) is 5.54 Å². The van der Waals surface area contributed by atoms with Crippen molar-refractivity contribution in [2.24, 2.45) is 0 Å². The third kappa shape index (κ3) is 6.22. The average molecular weight is 437 g/mol. The van der Waals surface area contributed by atoms with Crippen LogP contribution in [0.5, 0.6) is 0 Å². The van der Waals surface area contributed by atoms with Gasteiger partial charge in [-0.05, 0) is 69.7 Å². The molecule has 0 bridgehead atoms. The van der Waals surface area contributed by atoms with Crippen molar-refractivity contribution in [3.63, 3.8) is 0 Å². The number of hydrogen-bond donors (Lipinski definition) is 3. The lowest BCUT2D eigenvalue weighted by Crippen LogP contribution is -2.50. The van der Waals surface area contributed by atoms with E-state index in [9.17, 15) is 4.79 Å². The molecule has 1 heterocycles. The van der Waals surface area contributed by atoms with E-state index in [1.54, 1.807) is 6.20 Å². The Balaban J connectivity index is 1.49. The van der Waals surface area contributed by atoms with Gasteiger partial charge in [0.05, 0.1) is 5.54 Å². The van der Waals surface area contributed by atoms with E-state index in [0.717, 1.165) is 48.2 Å². The number of allylic oxidation sites excluding steroid dienone is 1. The number of anilines is 2. The first-order valence-electron chi connectivity index (χ1n) is 11.3. The van der Waals surface area contributed by atoms with Crippen LogP contribution >= 0.6 is 0 Å². The molecule has 32 heavy (non-hydrogen) atoms. The van der Waals surface area contributed by atoms with Gasteiger partial charge < -0.3 is 20.9 Å². The number of nitrogens with zero attached hydrogens (tertiary/aromatic N) is 3. The zero-order valence-electron chi connectivity index (χ0n) is 19.9. The summed E-state index contributed by atoms with van der Waals surface area (Å²) in [6.07, 6.45) is 5.54. The number of rotatable bonds is 7. The van der Waals surface area contributed by atoms with E-state index in [4.69, 9.17) is 0 Å². The summed E-state index contributed by atoms with van der Waals surface area (Å²) in [5.41, 5.74) is 2.67. The van der Waals surface area contributed by atoms with Crippen molar-refractivity contribution in [1.82, 2.24) is 20.6 Å². The van der Waals surface area contributed by atoms with Crippen LogP contribution in [0.4, 0.5) is 16.6 Å². The molecule has 0 spiro atoms. The quantitative estimate of drug-likeness (QED) is 0.594. The van der Waals surface area contributed by atoms with Gasteiger partial charge in [0.1, 0.15) is 5.82 Å². The van der Waals surface area contributed by atoms with E-state index in [1.807, 2.05) is 64.0 Å². The molecular weight excluding hydrogens is 400 g/mol. The molecule has 7 heteroatoms. The first kappa shape index (κ1) is 23.6. The van der Waals surface area contributed by atoms with E-state index in [-0.39, 0.29) is 12.1 Å². The van der Waals surface area contributed by atoms with Gasteiger partial charge in [0, 0.05) is 32.4 Å². The standard InChI is InChI=1S/C25H36N6O/c1-17(2)18-8-7-9-19(16-18)25(3,4)30-24(32)28-21-12-10-20(11-13-21)27-23-26-15-14-22(29-23)31(5)6/h7-9,14-16,20-21H,1,10-13H2,2-6H3,(H,26,27,29)(H2,28,30,32). The summed E-state index contributed by atoms with van der Waals surface area (Å²) in [5, 5.41) is 9.73. The minimum Gasteiger partial charge on any atom is -0.363 e. The largest absolute Gasteiger partial charge is 0.363 e. The fourth-order valence-corrected chi connectivity index (χ4v) is 3.98. The highest BCUT2D eigenvalue weighted by molar-refractivity contribution is 5.75. The molecule has 0 aliphatic heterocycles. The summed E-state index contributed by atoms with van der Waals surface area (Å²) in [7, 11) is 3.93. The van der Waals surface area contributed by atoms with Crippen LogP contribution in [0.15, 0.2) is 43.1 Å². The topological polar surface area (TPSA) is 82.2 Å². The first-order chi connectivity index (χ1) is 15.1. The maximum absolute atomic E-state index is 12.7. The van der Waals surface area contributed by atoms with Crippen molar-refractivity contribution < 1.29 is 4.79 Å².